The van der Waals surface area contributed by atoms with E-state index in [1.807, 2.05) is 12.1 Å². The van der Waals surface area contributed by atoms with E-state index in [1.54, 1.807) is 6.20 Å². The van der Waals surface area contributed by atoms with Gasteiger partial charge in [-0.2, -0.15) is 0 Å². The van der Waals surface area contributed by atoms with Gasteiger partial charge >= 0.3 is 0 Å². The monoisotopic (exact) mass is 313 g/mol. The number of nitrogens with zero attached hydrogens (tertiary/aromatic N) is 2. The van der Waals surface area contributed by atoms with Gasteiger partial charge in [-0.1, -0.05) is 25.4 Å². The Balaban J connectivity index is 2.52. The maximum Gasteiger partial charge on any atom is 0.197 e. The molecule has 110 valence electrons. The summed E-state index contributed by atoms with van der Waals surface area (Å²) in [7, 11) is 0. The van der Waals surface area contributed by atoms with Crippen molar-refractivity contribution >= 4 is 34.9 Å². The molecule has 1 aromatic rings. The number of nitrogens with one attached hydrogen (secondary N) is 2. The summed E-state index contributed by atoms with van der Waals surface area (Å²) >= 11 is 10.9. The van der Waals surface area contributed by atoms with Crippen LogP contribution >= 0.6 is 23.8 Å². The first kappa shape index (κ1) is 16.7. The van der Waals surface area contributed by atoms with Crippen molar-refractivity contribution in [1.82, 2.24) is 15.6 Å². The second-order valence-corrected chi connectivity index (χ2v) is 5.53. The molecule has 7 heteroatoms. The summed E-state index contributed by atoms with van der Waals surface area (Å²) in [5, 5.41) is 6.84. The average Bonchev–Trinajstić information content (AvgIpc) is 2.37. The summed E-state index contributed by atoms with van der Waals surface area (Å²) in [4.78, 5) is 8.62. The van der Waals surface area contributed by atoms with Crippen LogP contribution in [0.5, 0.6) is 0 Å². The van der Waals surface area contributed by atoms with E-state index in [9.17, 15) is 0 Å². The van der Waals surface area contributed by atoms with Crippen LogP contribution in [0.25, 0.3) is 0 Å². The predicted molar refractivity (Wildman–Crippen MR) is 88.0 cm³/mol. The van der Waals surface area contributed by atoms with Crippen molar-refractivity contribution in [3.8, 4) is 0 Å². The molecule has 4 N–H and O–H groups in total. The second-order valence-electron chi connectivity index (χ2n) is 4.68. The molecule has 0 aromatic carbocycles. The summed E-state index contributed by atoms with van der Waals surface area (Å²) in [5.41, 5.74) is 6.32. The van der Waals surface area contributed by atoms with E-state index in [4.69, 9.17) is 29.6 Å². The summed E-state index contributed by atoms with van der Waals surface area (Å²) in [5.74, 6) is 1.04. The zero-order valence-electron chi connectivity index (χ0n) is 11.7. The second kappa shape index (κ2) is 8.71. The molecule has 0 radical (unpaired) electrons. The standard InChI is InChI=1S/C13H20ClN5S/c1-9(2)8-18-13(19-12(15)20)17-7-5-11-10(14)4-3-6-16-11/h3-4,6,9H,5,7-8H2,1-2H3,(H4,15,17,18,19,20). The minimum Gasteiger partial charge on any atom is -0.376 e. The quantitative estimate of drug-likeness (QED) is 0.438. The van der Waals surface area contributed by atoms with E-state index < -0.39 is 0 Å². The lowest BCUT2D eigenvalue weighted by atomic mass is 10.2. The third kappa shape index (κ3) is 6.68. The Morgan fingerprint density at radius 2 is 2.30 bits per heavy atom. The highest BCUT2D eigenvalue weighted by Crippen LogP contribution is 2.11. The highest BCUT2D eigenvalue weighted by atomic mass is 35.5. The first-order valence-corrected chi connectivity index (χ1v) is 7.22. The molecule has 1 rings (SSSR count). The number of pyridine rings is 1. The molecule has 0 saturated carbocycles. The molecule has 0 aliphatic carbocycles. The minimum absolute atomic E-state index is 0.191. The van der Waals surface area contributed by atoms with Crippen LogP contribution in [-0.4, -0.2) is 29.1 Å². The highest BCUT2D eigenvalue weighted by molar-refractivity contribution is 7.80. The lowest BCUT2D eigenvalue weighted by Crippen LogP contribution is -2.44. The number of hydrogen-bond acceptors (Lipinski definition) is 3. The van der Waals surface area contributed by atoms with Crippen LogP contribution in [0.1, 0.15) is 19.5 Å². The van der Waals surface area contributed by atoms with Crippen molar-refractivity contribution in [2.75, 3.05) is 13.1 Å². The zero-order valence-corrected chi connectivity index (χ0v) is 13.3. The van der Waals surface area contributed by atoms with E-state index in [0.717, 1.165) is 5.69 Å². The SMILES string of the molecule is CC(C)CN=C(NCCc1ncccc1Cl)NC(N)=S. The summed E-state index contributed by atoms with van der Waals surface area (Å²) in [6, 6.07) is 3.63. The fourth-order valence-electron chi connectivity index (χ4n) is 1.43. The maximum absolute atomic E-state index is 6.05. The van der Waals surface area contributed by atoms with Gasteiger partial charge in [0.05, 0.1) is 10.7 Å². The van der Waals surface area contributed by atoms with Crippen molar-refractivity contribution in [2.45, 2.75) is 20.3 Å². The maximum atomic E-state index is 6.05. The molecule has 1 heterocycles. The number of thiocarbonyl (C=S) groups is 1. The van der Waals surface area contributed by atoms with Gasteiger partial charge in [0.25, 0.3) is 0 Å². The number of aromatic nitrogens is 1. The van der Waals surface area contributed by atoms with Gasteiger partial charge in [0.15, 0.2) is 11.1 Å². The number of aliphatic imine (C=N–C) groups is 1. The Morgan fingerprint density at radius 3 is 2.90 bits per heavy atom. The molecule has 0 aliphatic heterocycles. The Labute approximate surface area is 130 Å². The third-order valence-electron chi connectivity index (χ3n) is 2.35. The molecule has 0 saturated heterocycles. The van der Waals surface area contributed by atoms with Crippen LogP contribution in [0, 0.1) is 5.92 Å². The number of halogens is 1. The summed E-state index contributed by atoms with van der Waals surface area (Å²) < 4.78 is 0. The van der Waals surface area contributed by atoms with Crippen molar-refractivity contribution in [1.29, 1.82) is 0 Å². The molecular weight excluding hydrogens is 294 g/mol. The van der Waals surface area contributed by atoms with Gasteiger partial charge in [-0.3, -0.25) is 9.98 Å². The van der Waals surface area contributed by atoms with Crippen molar-refractivity contribution in [3.63, 3.8) is 0 Å². The molecule has 0 spiro atoms. The molecule has 1 aromatic heterocycles. The topological polar surface area (TPSA) is 75.3 Å². The lowest BCUT2D eigenvalue weighted by Gasteiger charge is -2.12. The Bertz CT molecular complexity index is 476. The van der Waals surface area contributed by atoms with E-state index in [2.05, 4.69) is 34.5 Å². The zero-order chi connectivity index (χ0) is 15.0. The van der Waals surface area contributed by atoms with Gasteiger partial charge in [-0.25, -0.2) is 0 Å². The highest BCUT2D eigenvalue weighted by Gasteiger charge is 2.03. The smallest absolute Gasteiger partial charge is 0.197 e. The first-order valence-electron chi connectivity index (χ1n) is 6.43. The molecule has 0 unspecified atom stereocenters. The molecule has 0 aliphatic rings. The minimum atomic E-state index is 0.191. The van der Waals surface area contributed by atoms with E-state index in [0.29, 0.717) is 36.4 Å². The average molecular weight is 314 g/mol. The van der Waals surface area contributed by atoms with Crippen LogP contribution in [0.4, 0.5) is 0 Å². The summed E-state index contributed by atoms with van der Waals surface area (Å²) in [6.45, 7) is 5.52. The van der Waals surface area contributed by atoms with E-state index >= 15 is 0 Å². The third-order valence-corrected chi connectivity index (χ3v) is 2.79. The molecule has 0 fully saturated rings. The molecule has 20 heavy (non-hydrogen) atoms. The Hall–Kier alpha value is -1.40. The predicted octanol–water partition coefficient (Wildman–Crippen LogP) is 1.71. The fourth-order valence-corrected chi connectivity index (χ4v) is 1.74. The molecule has 0 amide bonds. The lowest BCUT2D eigenvalue weighted by molar-refractivity contribution is 0.659. The molecule has 0 bridgehead atoms. The molecular formula is C13H20ClN5S. The van der Waals surface area contributed by atoms with Crippen LogP contribution in [0.15, 0.2) is 23.3 Å². The van der Waals surface area contributed by atoms with E-state index in [-0.39, 0.29) is 5.11 Å². The van der Waals surface area contributed by atoms with Gasteiger partial charge in [0.1, 0.15) is 0 Å². The van der Waals surface area contributed by atoms with Crippen LogP contribution in [0.2, 0.25) is 5.02 Å². The molecule has 0 atom stereocenters. The van der Waals surface area contributed by atoms with Gasteiger partial charge < -0.3 is 16.4 Å². The number of hydrogen-bond donors (Lipinski definition) is 3. The van der Waals surface area contributed by atoms with Crippen LogP contribution in [0.3, 0.4) is 0 Å². The fraction of sp³-hybridized carbons (Fsp3) is 0.462. The van der Waals surface area contributed by atoms with Crippen molar-refractivity contribution in [2.24, 2.45) is 16.6 Å². The first-order chi connectivity index (χ1) is 9.49. The number of guanidine groups is 1. The van der Waals surface area contributed by atoms with Crippen molar-refractivity contribution in [3.05, 3.63) is 29.0 Å². The Kier molecular flexibility index (Phi) is 7.25. The van der Waals surface area contributed by atoms with Gasteiger partial charge in [0.2, 0.25) is 0 Å². The number of nitrogens with two attached hydrogens (primary N) is 1. The van der Waals surface area contributed by atoms with Crippen LogP contribution < -0.4 is 16.4 Å². The summed E-state index contributed by atoms with van der Waals surface area (Å²) in [6.07, 6.45) is 2.42. The normalized spacial score (nSPS) is 11.5. The Morgan fingerprint density at radius 1 is 1.55 bits per heavy atom. The van der Waals surface area contributed by atoms with E-state index in [1.165, 1.54) is 0 Å². The number of rotatable bonds is 5. The van der Waals surface area contributed by atoms with Gasteiger partial charge in [-0.05, 0) is 30.3 Å². The van der Waals surface area contributed by atoms with Gasteiger partial charge in [0, 0.05) is 25.7 Å². The van der Waals surface area contributed by atoms with Crippen LogP contribution in [-0.2, 0) is 6.42 Å². The molecule has 5 nitrogen and oxygen atoms in total. The van der Waals surface area contributed by atoms with Crippen molar-refractivity contribution < 1.29 is 0 Å². The van der Waals surface area contributed by atoms with Gasteiger partial charge in [-0.15, -0.1) is 0 Å². The largest absolute Gasteiger partial charge is 0.376 e.